The minimum atomic E-state index is -1.25. The maximum Gasteiger partial charge on any atom is 0.259 e. The number of para-hydroxylation sites is 2. The standard InChI is InChI=1S/C15H11Cl2NO3S.C14H9Cl2NO3S/c1-21-14-10(16)6-9(7-11(14)17)15(19)18-8-22(20)13-5-3-2-4-12(13)18;15-9-5-8(6-10(16)13(9)18)14(19)17-7-21(20)12-4-2-1-3-11(12)17/h2-7H,8H2,1H3;1-6,18H,7H2. The van der Waals surface area contributed by atoms with E-state index in [0.29, 0.717) is 32.5 Å². The summed E-state index contributed by atoms with van der Waals surface area (Å²) in [6.07, 6.45) is 0. The molecule has 0 saturated heterocycles. The summed E-state index contributed by atoms with van der Waals surface area (Å²) < 4.78 is 29.2. The van der Waals surface area contributed by atoms with Crippen molar-refractivity contribution in [1.29, 1.82) is 0 Å². The van der Waals surface area contributed by atoms with Crippen molar-refractivity contribution in [2.75, 3.05) is 28.7 Å². The molecule has 1 N–H and O–H groups in total. The normalized spacial score (nSPS) is 16.7. The molecule has 0 aromatic heterocycles. The lowest BCUT2D eigenvalue weighted by molar-refractivity contribution is 0.0984. The van der Waals surface area contributed by atoms with Gasteiger partial charge in [-0.25, -0.2) is 0 Å². The second-order valence-electron chi connectivity index (χ2n) is 9.11. The van der Waals surface area contributed by atoms with Crippen molar-refractivity contribution < 1.29 is 27.9 Å². The molecule has 222 valence electrons. The largest absolute Gasteiger partial charge is 0.505 e. The molecule has 0 saturated carbocycles. The van der Waals surface area contributed by atoms with Crippen LogP contribution < -0.4 is 14.5 Å². The smallest absolute Gasteiger partial charge is 0.259 e. The van der Waals surface area contributed by atoms with Gasteiger partial charge >= 0.3 is 0 Å². The van der Waals surface area contributed by atoms with E-state index in [-0.39, 0.29) is 55.0 Å². The predicted molar refractivity (Wildman–Crippen MR) is 170 cm³/mol. The number of halogens is 4. The summed E-state index contributed by atoms with van der Waals surface area (Å²) in [5.74, 6) is -0.388. The summed E-state index contributed by atoms with van der Waals surface area (Å²) in [5, 5.41) is 10.1. The van der Waals surface area contributed by atoms with Crippen LogP contribution in [0.5, 0.6) is 11.5 Å². The first-order valence-electron chi connectivity index (χ1n) is 12.3. The van der Waals surface area contributed by atoms with Gasteiger partial charge in [-0.15, -0.1) is 0 Å². The molecular weight excluding hydrogens is 678 g/mol. The molecule has 6 rings (SSSR count). The number of benzene rings is 4. The first-order chi connectivity index (χ1) is 20.5. The van der Waals surface area contributed by atoms with Gasteiger partial charge in [0.15, 0.2) is 11.5 Å². The van der Waals surface area contributed by atoms with Gasteiger partial charge in [-0.3, -0.25) is 27.8 Å². The van der Waals surface area contributed by atoms with Crippen LogP contribution in [0.1, 0.15) is 20.7 Å². The fourth-order valence-electron chi connectivity index (χ4n) is 4.47. The van der Waals surface area contributed by atoms with E-state index in [1.807, 2.05) is 0 Å². The molecule has 4 aromatic rings. The van der Waals surface area contributed by atoms with Gasteiger partial charge in [-0.2, -0.15) is 0 Å². The Morgan fingerprint density at radius 1 is 0.698 bits per heavy atom. The average Bonchev–Trinajstić information content (AvgIpc) is 3.52. The Balaban J connectivity index is 0.000000171. The van der Waals surface area contributed by atoms with Gasteiger partial charge in [0.05, 0.1) is 70.0 Å². The molecule has 2 unspecified atom stereocenters. The second-order valence-corrected chi connectivity index (χ2v) is 13.5. The molecule has 8 nitrogen and oxygen atoms in total. The van der Waals surface area contributed by atoms with E-state index in [9.17, 15) is 23.1 Å². The van der Waals surface area contributed by atoms with Crippen LogP contribution in [0.25, 0.3) is 0 Å². The van der Waals surface area contributed by atoms with Crippen molar-refractivity contribution in [3.63, 3.8) is 0 Å². The number of phenols is 1. The monoisotopic (exact) mass is 696 g/mol. The Labute approximate surface area is 271 Å². The lowest BCUT2D eigenvalue weighted by Crippen LogP contribution is -2.29. The molecule has 2 amide bonds. The Bertz CT molecular complexity index is 1790. The van der Waals surface area contributed by atoms with E-state index in [1.54, 1.807) is 48.5 Å². The Morgan fingerprint density at radius 3 is 1.47 bits per heavy atom. The van der Waals surface area contributed by atoms with Crippen LogP contribution in [0.3, 0.4) is 0 Å². The second kappa shape index (κ2) is 12.9. The van der Waals surface area contributed by atoms with Gasteiger partial charge in [0.2, 0.25) is 0 Å². The van der Waals surface area contributed by atoms with Crippen molar-refractivity contribution in [2.45, 2.75) is 9.79 Å². The van der Waals surface area contributed by atoms with Crippen LogP contribution >= 0.6 is 46.4 Å². The fraction of sp³-hybridized carbons (Fsp3) is 0.103. The number of hydrogen-bond donors (Lipinski definition) is 1. The molecule has 0 radical (unpaired) electrons. The number of carbonyl (C=O) groups excluding carboxylic acids is 2. The first-order valence-corrected chi connectivity index (χ1v) is 16.5. The third-order valence-corrected chi connectivity index (χ3v) is 10.3. The number of phenolic OH excluding ortho intramolecular Hbond substituents is 1. The summed E-state index contributed by atoms with van der Waals surface area (Å²) >= 11 is 23.8. The van der Waals surface area contributed by atoms with Crippen molar-refractivity contribution in [1.82, 2.24) is 0 Å². The predicted octanol–water partition coefficient (Wildman–Crippen LogP) is 7.15. The van der Waals surface area contributed by atoms with Crippen LogP contribution in [0.15, 0.2) is 82.6 Å². The van der Waals surface area contributed by atoms with Crippen LogP contribution in [-0.2, 0) is 21.6 Å². The summed E-state index contributed by atoms with van der Waals surface area (Å²) in [7, 11) is -1.02. The highest BCUT2D eigenvalue weighted by atomic mass is 35.5. The van der Waals surface area contributed by atoms with Gasteiger partial charge < -0.3 is 9.84 Å². The first kappa shape index (κ1) is 31.3. The van der Waals surface area contributed by atoms with Crippen molar-refractivity contribution in [2.24, 2.45) is 0 Å². The number of amides is 2. The van der Waals surface area contributed by atoms with Gasteiger partial charge in [0, 0.05) is 11.1 Å². The molecule has 2 heterocycles. The molecule has 2 atom stereocenters. The van der Waals surface area contributed by atoms with E-state index < -0.39 is 21.6 Å². The van der Waals surface area contributed by atoms with Crippen LogP contribution in [0, 0.1) is 0 Å². The number of ether oxygens (including phenoxy) is 1. The zero-order valence-electron chi connectivity index (χ0n) is 22.1. The number of anilines is 2. The van der Waals surface area contributed by atoms with Crippen molar-refractivity contribution >= 4 is 91.2 Å². The molecule has 4 aromatic carbocycles. The zero-order valence-corrected chi connectivity index (χ0v) is 26.7. The number of methoxy groups -OCH3 is 1. The molecule has 14 heteroatoms. The lowest BCUT2D eigenvalue weighted by Gasteiger charge is -2.17. The van der Waals surface area contributed by atoms with Crippen molar-refractivity contribution in [3.05, 3.63) is 104 Å². The number of nitrogens with zero attached hydrogens (tertiary/aromatic N) is 2. The van der Waals surface area contributed by atoms with E-state index in [1.165, 1.54) is 41.2 Å². The highest BCUT2D eigenvalue weighted by molar-refractivity contribution is 7.86. The molecule has 0 aliphatic carbocycles. The minimum absolute atomic E-state index is 0.000505. The number of fused-ring (bicyclic) bond motifs is 2. The SMILES string of the molecule is COc1c(Cl)cc(C(=O)N2CS(=O)c3ccccc32)cc1Cl.O=C(c1cc(Cl)c(O)c(Cl)c1)N1CS(=O)c2ccccc21. The number of carbonyl (C=O) groups is 2. The summed E-state index contributed by atoms with van der Waals surface area (Å²) in [6, 6.07) is 19.8. The van der Waals surface area contributed by atoms with Gasteiger partial charge in [-0.05, 0) is 48.5 Å². The van der Waals surface area contributed by atoms with E-state index in [4.69, 9.17) is 51.1 Å². The van der Waals surface area contributed by atoms with Crippen LogP contribution in [0.4, 0.5) is 11.4 Å². The molecular formula is C29H20Cl4N2O6S2. The lowest BCUT2D eigenvalue weighted by atomic mass is 10.1. The van der Waals surface area contributed by atoms with Gasteiger partial charge in [0.25, 0.3) is 11.8 Å². The number of aromatic hydroxyl groups is 1. The quantitative estimate of drug-likeness (QED) is 0.244. The topological polar surface area (TPSA) is 104 Å². The third kappa shape index (κ3) is 6.13. The van der Waals surface area contributed by atoms with E-state index in [2.05, 4.69) is 0 Å². The van der Waals surface area contributed by atoms with Gasteiger partial charge in [0.1, 0.15) is 11.8 Å². The third-order valence-electron chi connectivity index (χ3n) is 6.50. The van der Waals surface area contributed by atoms with E-state index in [0.717, 1.165) is 0 Å². The maximum absolute atomic E-state index is 12.7. The molecule has 2 aliphatic rings. The highest BCUT2D eigenvalue weighted by Crippen LogP contribution is 2.38. The van der Waals surface area contributed by atoms with Crippen LogP contribution in [0.2, 0.25) is 20.1 Å². The Hall–Kier alpha value is -3.12. The minimum Gasteiger partial charge on any atom is -0.505 e. The van der Waals surface area contributed by atoms with Gasteiger partial charge in [-0.1, -0.05) is 70.7 Å². The maximum atomic E-state index is 12.7. The zero-order chi connectivity index (χ0) is 31.0. The molecule has 43 heavy (non-hydrogen) atoms. The average molecular weight is 698 g/mol. The Morgan fingerprint density at radius 2 is 1.07 bits per heavy atom. The molecule has 0 spiro atoms. The highest BCUT2D eigenvalue weighted by Gasteiger charge is 2.32. The molecule has 2 aliphatic heterocycles. The summed E-state index contributed by atoms with van der Waals surface area (Å²) in [4.78, 5) is 29.4. The fourth-order valence-corrected chi connectivity index (χ4v) is 8.15. The summed E-state index contributed by atoms with van der Waals surface area (Å²) in [5.41, 5.74) is 1.82. The Kier molecular flexibility index (Phi) is 9.36. The summed E-state index contributed by atoms with van der Waals surface area (Å²) in [6.45, 7) is 0. The van der Waals surface area contributed by atoms with Crippen molar-refractivity contribution in [3.8, 4) is 11.5 Å². The van der Waals surface area contributed by atoms with E-state index >= 15 is 0 Å². The van der Waals surface area contributed by atoms with Crippen LogP contribution in [-0.4, -0.2) is 44.2 Å². The number of hydrogen-bond acceptors (Lipinski definition) is 6. The molecule has 0 bridgehead atoms. The number of rotatable bonds is 3. The molecule has 0 fully saturated rings.